The molecule has 3 aromatic rings. The van der Waals surface area contributed by atoms with Crippen molar-refractivity contribution in [3.8, 4) is 11.5 Å². The molecule has 0 saturated heterocycles. The van der Waals surface area contributed by atoms with Gasteiger partial charge < -0.3 is 19.6 Å². The normalized spacial score (nSPS) is 10.8. The molecule has 0 aliphatic rings. The lowest BCUT2D eigenvalue weighted by Gasteiger charge is -2.14. The Morgan fingerprint density at radius 1 is 1.06 bits per heavy atom. The van der Waals surface area contributed by atoms with Gasteiger partial charge in [0, 0.05) is 20.7 Å². The molecule has 3 rings (SSSR count). The van der Waals surface area contributed by atoms with Crippen molar-refractivity contribution in [2.45, 2.75) is 13.5 Å². The van der Waals surface area contributed by atoms with E-state index in [2.05, 4.69) is 26.4 Å². The largest absolute Gasteiger partial charge is 0.490 e. The highest BCUT2D eigenvalue weighted by Crippen LogP contribution is 2.37. The smallest absolute Gasteiger partial charge is 0.265 e. The SMILES string of the molecule is CCOc1cc(/C=N/OCC(=O)Nc2ccc(Cl)cc2)cc(Cl)c1OCc1ccc(Br)cc1. The van der Waals surface area contributed by atoms with Crippen molar-refractivity contribution in [1.29, 1.82) is 0 Å². The first-order valence-corrected chi connectivity index (χ1v) is 11.5. The Hall–Kier alpha value is -2.74. The highest BCUT2D eigenvalue weighted by molar-refractivity contribution is 9.10. The van der Waals surface area contributed by atoms with E-state index in [-0.39, 0.29) is 12.5 Å². The van der Waals surface area contributed by atoms with Gasteiger partial charge in [-0.25, -0.2) is 0 Å². The topological polar surface area (TPSA) is 69.2 Å². The summed E-state index contributed by atoms with van der Waals surface area (Å²) in [7, 11) is 0. The standard InChI is InChI=1S/C24H21BrCl2N2O4/c1-2-31-22-12-17(11-21(27)24(22)32-14-16-3-5-18(25)6-4-16)13-28-33-15-23(30)29-20-9-7-19(26)8-10-20/h3-13H,2,14-15H2,1H3,(H,29,30)/b28-13+. The van der Waals surface area contributed by atoms with E-state index in [1.807, 2.05) is 31.2 Å². The van der Waals surface area contributed by atoms with Crippen LogP contribution in [0.1, 0.15) is 18.1 Å². The predicted molar refractivity (Wildman–Crippen MR) is 135 cm³/mol. The number of hydrogen-bond donors (Lipinski definition) is 1. The zero-order valence-corrected chi connectivity index (χ0v) is 20.8. The zero-order chi connectivity index (χ0) is 23.6. The molecule has 1 amide bonds. The van der Waals surface area contributed by atoms with Crippen LogP contribution in [-0.4, -0.2) is 25.3 Å². The molecule has 0 radical (unpaired) electrons. The first kappa shape index (κ1) is 24.9. The molecule has 33 heavy (non-hydrogen) atoms. The van der Waals surface area contributed by atoms with E-state index in [4.69, 9.17) is 37.5 Å². The minimum Gasteiger partial charge on any atom is -0.490 e. The molecule has 0 bridgehead atoms. The van der Waals surface area contributed by atoms with E-state index in [1.54, 1.807) is 36.4 Å². The molecule has 0 unspecified atom stereocenters. The number of nitrogens with zero attached hydrogens (tertiary/aromatic N) is 1. The summed E-state index contributed by atoms with van der Waals surface area (Å²) in [5, 5.41) is 7.49. The highest BCUT2D eigenvalue weighted by atomic mass is 79.9. The monoisotopic (exact) mass is 550 g/mol. The number of carbonyl (C=O) groups excluding carboxylic acids is 1. The van der Waals surface area contributed by atoms with Gasteiger partial charge >= 0.3 is 0 Å². The molecule has 1 N–H and O–H groups in total. The second-order valence-corrected chi connectivity index (χ2v) is 8.50. The zero-order valence-electron chi connectivity index (χ0n) is 17.7. The Morgan fingerprint density at radius 3 is 2.48 bits per heavy atom. The van der Waals surface area contributed by atoms with Crippen LogP contribution in [0.3, 0.4) is 0 Å². The summed E-state index contributed by atoms with van der Waals surface area (Å²) in [6, 6.07) is 18.0. The number of ether oxygens (including phenoxy) is 2. The van der Waals surface area contributed by atoms with E-state index in [0.29, 0.717) is 46.0 Å². The van der Waals surface area contributed by atoms with Crippen LogP contribution >= 0.6 is 39.1 Å². The number of carbonyl (C=O) groups is 1. The van der Waals surface area contributed by atoms with Gasteiger partial charge in [0.15, 0.2) is 18.1 Å². The average Bonchev–Trinajstić information content (AvgIpc) is 2.79. The van der Waals surface area contributed by atoms with Gasteiger partial charge in [0.25, 0.3) is 5.91 Å². The molecule has 0 aromatic heterocycles. The average molecular weight is 552 g/mol. The van der Waals surface area contributed by atoms with E-state index in [9.17, 15) is 4.79 Å². The third-order valence-electron chi connectivity index (χ3n) is 4.23. The first-order chi connectivity index (χ1) is 15.9. The Bertz CT molecular complexity index is 1110. The minimum absolute atomic E-state index is 0.250. The number of oxime groups is 1. The van der Waals surface area contributed by atoms with Gasteiger partial charge in [0.1, 0.15) is 6.61 Å². The summed E-state index contributed by atoms with van der Waals surface area (Å²) in [6.07, 6.45) is 1.45. The van der Waals surface area contributed by atoms with Crippen LogP contribution in [0, 0.1) is 0 Å². The van der Waals surface area contributed by atoms with Gasteiger partial charge in [-0.05, 0) is 61.0 Å². The summed E-state index contributed by atoms with van der Waals surface area (Å²) in [5.74, 6) is 0.588. The maximum atomic E-state index is 12.0. The number of benzene rings is 3. The molecule has 9 heteroatoms. The maximum absolute atomic E-state index is 12.0. The molecule has 0 heterocycles. The van der Waals surface area contributed by atoms with E-state index in [0.717, 1.165) is 10.0 Å². The summed E-state index contributed by atoms with van der Waals surface area (Å²) in [4.78, 5) is 17.0. The Labute approximate surface area is 210 Å². The van der Waals surface area contributed by atoms with Gasteiger partial charge in [0.2, 0.25) is 0 Å². The van der Waals surface area contributed by atoms with Gasteiger partial charge in [-0.15, -0.1) is 0 Å². The first-order valence-electron chi connectivity index (χ1n) is 9.99. The van der Waals surface area contributed by atoms with Gasteiger partial charge in [-0.1, -0.05) is 56.4 Å². The summed E-state index contributed by atoms with van der Waals surface area (Å²) >= 11 is 15.7. The molecule has 0 aliphatic heterocycles. The van der Waals surface area contributed by atoms with Crippen molar-refractivity contribution in [2.75, 3.05) is 18.5 Å². The molecule has 3 aromatic carbocycles. The second kappa shape index (κ2) is 12.5. The lowest BCUT2D eigenvalue weighted by Crippen LogP contribution is -2.16. The highest BCUT2D eigenvalue weighted by Gasteiger charge is 2.13. The van der Waals surface area contributed by atoms with Gasteiger partial charge in [-0.2, -0.15) is 0 Å². The van der Waals surface area contributed by atoms with Gasteiger partial charge in [0.05, 0.1) is 17.8 Å². The molecular formula is C24H21BrCl2N2O4. The van der Waals surface area contributed by atoms with Crippen molar-refractivity contribution in [2.24, 2.45) is 5.16 Å². The van der Waals surface area contributed by atoms with Crippen LogP contribution in [-0.2, 0) is 16.2 Å². The van der Waals surface area contributed by atoms with Crippen LogP contribution in [0.4, 0.5) is 5.69 Å². The number of nitrogens with one attached hydrogen (secondary N) is 1. The summed E-state index contributed by atoms with van der Waals surface area (Å²) < 4.78 is 12.6. The van der Waals surface area contributed by atoms with Crippen LogP contribution in [0.25, 0.3) is 0 Å². The molecule has 0 atom stereocenters. The molecule has 6 nitrogen and oxygen atoms in total. The molecular weight excluding hydrogens is 531 g/mol. The Kier molecular flexibility index (Phi) is 9.42. The predicted octanol–water partition coefficient (Wildman–Crippen LogP) is 6.72. The third-order valence-corrected chi connectivity index (χ3v) is 5.29. The number of halogens is 3. The fraction of sp³-hybridized carbons (Fsp3) is 0.167. The van der Waals surface area contributed by atoms with Crippen molar-refractivity contribution in [1.82, 2.24) is 0 Å². The van der Waals surface area contributed by atoms with Crippen molar-refractivity contribution in [3.05, 3.63) is 86.3 Å². The van der Waals surface area contributed by atoms with Crippen LogP contribution < -0.4 is 14.8 Å². The van der Waals surface area contributed by atoms with Crippen LogP contribution in [0.5, 0.6) is 11.5 Å². The molecule has 0 saturated carbocycles. The van der Waals surface area contributed by atoms with Crippen LogP contribution in [0.15, 0.2) is 70.3 Å². The maximum Gasteiger partial charge on any atom is 0.265 e. The Morgan fingerprint density at radius 2 is 1.79 bits per heavy atom. The van der Waals surface area contributed by atoms with Crippen molar-refractivity contribution >= 4 is 56.9 Å². The quantitative estimate of drug-likeness (QED) is 0.224. The lowest BCUT2D eigenvalue weighted by atomic mass is 10.2. The minimum atomic E-state index is -0.348. The lowest BCUT2D eigenvalue weighted by molar-refractivity contribution is -0.120. The number of hydrogen-bond acceptors (Lipinski definition) is 5. The molecule has 0 aliphatic carbocycles. The fourth-order valence-corrected chi connectivity index (χ4v) is 3.39. The number of anilines is 1. The molecule has 0 spiro atoms. The summed E-state index contributed by atoms with van der Waals surface area (Å²) in [5.41, 5.74) is 2.24. The number of amides is 1. The Balaban J connectivity index is 1.59. The van der Waals surface area contributed by atoms with Gasteiger partial charge in [-0.3, -0.25) is 4.79 Å². The number of rotatable bonds is 10. The van der Waals surface area contributed by atoms with Crippen molar-refractivity contribution in [3.63, 3.8) is 0 Å². The van der Waals surface area contributed by atoms with E-state index >= 15 is 0 Å². The summed E-state index contributed by atoms with van der Waals surface area (Å²) in [6.45, 7) is 2.40. The van der Waals surface area contributed by atoms with Crippen molar-refractivity contribution < 1.29 is 19.1 Å². The second-order valence-electron chi connectivity index (χ2n) is 6.74. The molecule has 0 fully saturated rings. The fourth-order valence-electron chi connectivity index (χ4n) is 2.73. The third kappa shape index (κ3) is 7.96. The van der Waals surface area contributed by atoms with Crippen LogP contribution in [0.2, 0.25) is 10.0 Å². The van der Waals surface area contributed by atoms with E-state index < -0.39 is 0 Å². The molecule has 172 valence electrons. The van der Waals surface area contributed by atoms with E-state index in [1.165, 1.54) is 6.21 Å².